The lowest BCUT2D eigenvalue weighted by molar-refractivity contribution is -0.161. The molecule has 0 aliphatic carbocycles. The molecule has 0 saturated carbocycles. The van der Waals surface area contributed by atoms with Crippen molar-refractivity contribution >= 4 is 11.6 Å². The zero-order valence-electron chi connectivity index (χ0n) is 7.57. The highest BCUT2D eigenvalue weighted by Gasteiger charge is 2.48. The van der Waals surface area contributed by atoms with Crippen LogP contribution in [0.5, 0.6) is 0 Å². The second-order valence-electron chi connectivity index (χ2n) is 3.71. The number of alkyl halides is 2. The molecule has 0 amide bonds. The van der Waals surface area contributed by atoms with Gasteiger partial charge in [0.05, 0.1) is 0 Å². The second-order valence-corrected chi connectivity index (χ2v) is 3.71. The molecule has 0 bridgehead atoms. The molecule has 0 N–H and O–H groups in total. The molecule has 0 unspecified atom stereocenters. The van der Waals surface area contributed by atoms with E-state index in [-0.39, 0.29) is 0 Å². The summed E-state index contributed by atoms with van der Waals surface area (Å²) in [4.78, 5) is 21.3. The third-order valence-electron chi connectivity index (χ3n) is 1.41. The molecule has 0 atom stereocenters. The zero-order chi connectivity index (χ0) is 10.2. The van der Waals surface area contributed by atoms with Crippen molar-refractivity contribution < 1.29 is 18.4 Å². The highest BCUT2D eigenvalue weighted by atomic mass is 19.3. The number of ketones is 2. The van der Waals surface area contributed by atoms with E-state index in [4.69, 9.17) is 0 Å². The molecular formula is C8H12F2O2. The number of rotatable bonds is 2. The first-order valence-corrected chi connectivity index (χ1v) is 3.54. The van der Waals surface area contributed by atoms with Gasteiger partial charge in [-0.3, -0.25) is 9.59 Å². The summed E-state index contributed by atoms with van der Waals surface area (Å²) in [6, 6.07) is 0. The van der Waals surface area contributed by atoms with Gasteiger partial charge in [-0.1, -0.05) is 20.8 Å². The summed E-state index contributed by atoms with van der Waals surface area (Å²) >= 11 is 0. The molecule has 0 aromatic rings. The van der Waals surface area contributed by atoms with E-state index in [1.807, 2.05) is 0 Å². The summed E-state index contributed by atoms with van der Waals surface area (Å²) in [5, 5.41) is 0. The molecule has 0 radical (unpaired) electrons. The van der Waals surface area contributed by atoms with Crippen LogP contribution >= 0.6 is 0 Å². The lowest BCUT2D eigenvalue weighted by Gasteiger charge is -2.21. The lowest BCUT2D eigenvalue weighted by Crippen LogP contribution is -2.43. The topological polar surface area (TPSA) is 34.1 Å². The third-order valence-corrected chi connectivity index (χ3v) is 1.41. The van der Waals surface area contributed by atoms with Crippen molar-refractivity contribution in [2.75, 3.05) is 0 Å². The quantitative estimate of drug-likeness (QED) is 0.604. The molecule has 0 spiro atoms. The average Bonchev–Trinajstić information content (AvgIpc) is 1.83. The van der Waals surface area contributed by atoms with E-state index in [9.17, 15) is 18.4 Å². The molecular weight excluding hydrogens is 166 g/mol. The summed E-state index contributed by atoms with van der Waals surface area (Å²) < 4.78 is 25.5. The van der Waals surface area contributed by atoms with E-state index in [1.165, 1.54) is 20.8 Å². The number of hydrogen-bond donors (Lipinski definition) is 0. The Bertz CT molecular complexity index is 214. The maximum atomic E-state index is 12.7. The minimum Gasteiger partial charge on any atom is -0.293 e. The van der Waals surface area contributed by atoms with Crippen LogP contribution in [0, 0.1) is 5.41 Å². The summed E-state index contributed by atoms with van der Waals surface area (Å²) in [6.07, 6.45) is 0. The summed E-state index contributed by atoms with van der Waals surface area (Å²) in [5.74, 6) is -6.57. The fraction of sp³-hybridized carbons (Fsp3) is 0.750. The maximum absolute atomic E-state index is 12.7. The lowest BCUT2D eigenvalue weighted by atomic mass is 9.86. The molecule has 12 heavy (non-hydrogen) atoms. The van der Waals surface area contributed by atoms with E-state index in [2.05, 4.69) is 0 Å². The van der Waals surface area contributed by atoms with Crippen molar-refractivity contribution in [1.82, 2.24) is 0 Å². The molecule has 0 saturated heterocycles. The number of Topliss-reactive ketones (excluding diaryl/α,β-unsaturated/α-hetero) is 2. The summed E-state index contributed by atoms with van der Waals surface area (Å²) in [5.41, 5.74) is -1.19. The van der Waals surface area contributed by atoms with Crippen molar-refractivity contribution in [2.45, 2.75) is 33.6 Å². The van der Waals surface area contributed by atoms with E-state index in [0.29, 0.717) is 6.92 Å². The smallest absolute Gasteiger partial charge is 0.293 e. The summed E-state index contributed by atoms with van der Waals surface area (Å²) in [7, 11) is 0. The van der Waals surface area contributed by atoms with Crippen LogP contribution in [0.4, 0.5) is 8.78 Å². The van der Waals surface area contributed by atoms with E-state index < -0.39 is 22.9 Å². The van der Waals surface area contributed by atoms with Crippen molar-refractivity contribution in [3.8, 4) is 0 Å². The van der Waals surface area contributed by atoms with Gasteiger partial charge in [0, 0.05) is 12.3 Å². The van der Waals surface area contributed by atoms with Crippen LogP contribution in [0.2, 0.25) is 0 Å². The Morgan fingerprint density at radius 3 is 1.50 bits per heavy atom. The SMILES string of the molecule is CC(=O)C(F)(F)C(=O)C(C)(C)C. The Hall–Kier alpha value is -0.800. The van der Waals surface area contributed by atoms with E-state index in [1.54, 1.807) is 0 Å². The van der Waals surface area contributed by atoms with Gasteiger partial charge in [0.15, 0.2) is 0 Å². The highest BCUT2D eigenvalue weighted by molar-refractivity contribution is 6.09. The van der Waals surface area contributed by atoms with Crippen LogP contribution < -0.4 is 0 Å². The standard InChI is InChI=1S/C8H12F2O2/c1-5(11)8(9,10)6(12)7(2,3)4/h1-4H3. The molecule has 4 heteroatoms. The minimum atomic E-state index is -3.84. The van der Waals surface area contributed by atoms with Gasteiger partial charge in [-0.2, -0.15) is 8.78 Å². The molecule has 0 aliphatic rings. The van der Waals surface area contributed by atoms with Gasteiger partial charge in [-0.05, 0) is 0 Å². The Morgan fingerprint density at radius 2 is 1.42 bits per heavy atom. The van der Waals surface area contributed by atoms with Gasteiger partial charge in [-0.25, -0.2) is 0 Å². The van der Waals surface area contributed by atoms with Crippen LogP contribution in [0.25, 0.3) is 0 Å². The normalized spacial score (nSPS) is 12.8. The fourth-order valence-electron chi connectivity index (χ4n) is 0.631. The predicted octanol–water partition coefficient (Wildman–Crippen LogP) is 1.83. The third kappa shape index (κ3) is 2.09. The van der Waals surface area contributed by atoms with Crippen molar-refractivity contribution in [1.29, 1.82) is 0 Å². The molecule has 70 valence electrons. The first-order chi connectivity index (χ1) is 5.10. The van der Waals surface area contributed by atoms with Crippen LogP contribution in [0.15, 0.2) is 0 Å². The van der Waals surface area contributed by atoms with E-state index in [0.717, 1.165) is 0 Å². The van der Waals surface area contributed by atoms with Crippen LogP contribution in [0.3, 0.4) is 0 Å². The zero-order valence-corrected chi connectivity index (χ0v) is 7.57. The van der Waals surface area contributed by atoms with Gasteiger partial charge < -0.3 is 0 Å². The van der Waals surface area contributed by atoms with Gasteiger partial charge in [0.1, 0.15) is 0 Å². The van der Waals surface area contributed by atoms with Crippen LogP contribution in [-0.4, -0.2) is 17.5 Å². The number of hydrogen-bond acceptors (Lipinski definition) is 2. The molecule has 0 aliphatic heterocycles. The largest absolute Gasteiger partial charge is 0.362 e. The van der Waals surface area contributed by atoms with E-state index >= 15 is 0 Å². The number of halogens is 2. The molecule has 0 rings (SSSR count). The Morgan fingerprint density at radius 1 is 1.08 bits per heavy atom. The van der Waals surface area contributed by atoms with Gasteiger partial charge in [-0.15, -0.1) is 0 Å². The molecule has 0 aromatic carbocycles. The monoisotopic (exact) mass is 178 g/mol. The molecule has 0 aromatic heterocycles. The number of carbonyl (C=O) groups is 2. The van der Waals surface area contributed by atoms with Crippen LogP contribution in [-0.2, 0) is 9.59 Å². The number of carbonyl (C=O) groups excluding carboxylic acids is 2. The molecule has 2 nitrogen and oxygen atoms in total. The summed E-state index contributed by atoms with van der Waals surface area (Å²) in [6.45, 7) is 4.77. The minimum absolute atomic E-state index is 0.712. The van der Waals surface area contributed by atoms with Gasteiger partial charge in [0.2, 0.25) is 11.6 Å². The Labute approximate surface area is 69.9 Å². The first kappa shape index (κ1) is 11.2. The first-order valence-electron chi connectivity index (χ1n) is 3.54. The van der Waals surface area contributed by atoms with Gasteiger partial charge in [0.25, 0.3) is 0 Å². The van der Waals surface area contributed by atoms with Crippen molar-refractivity contribution in [3.05, 3.63) is 0 Å². The Balaban J connectivity index is 4.83. The molecule has 0 heterocycles. The Kier molecular flexibility index (Phi) is 2.72. The predicted molar refractivity (Wildman–Crippen MR) is 40.1 cm³/mol. The molecule has 0 fully saturated rings. The average molecular weight is 178 g/mol. The maximum Gasteiger partial charge on any atom is 0.362 e. The highest BCUT2D eigenvalue weighted by Crippen LogP contribution is 2.27. The second kappa shape index (κ2) is 2.92. The van der Waals surface area contributed by atoms with Crippen LogP contribution in [0.1, 0.15) is 27.7 Å². The fourth-order valence-corrected chi connectivity index (χ4v) is 0.631. The van der Waals surface area contributed by atoms with Gasteiger partial charge >= 0.3 is 5.92 Å². The van der Waals surface area contributed by atoms with Crippen molar-refractivity contribution in [2.24, 2.45) is 5.41 Å². The van der Waals surface area contributed by atoms with Crippen molar-refractivity contribution in [3.63, 3.8) is 0 Å².